The lowest BCUT2D eigenvalue weighted by Gasteiger charge is -2.29. The van der Waals surface area contributed by atoms with Gasteiger partial charge in [-0.15, -0.1) is 0 Å². The number of carbonyl (C=O) groups is 1. The number of rotatable bonds is 8. The van der Waals surface area contributed by atoms with E-state index in [0.29, 0.717) is 11.8 Å². The molecule has 0 bridgehead atoms. The monoisotopic (exact) mass is 323 g/mol. The predicted octanol–water partition coefficient (Wildman–Crippen LogP) is 2.64. The van der Waals surface area contributed by atoms with Crippen molar-refractivity contribution in [3.05, 3.63) is 0 Å². The highest BCUT2D eigenvalue weighted by molar-refractivity contribution is 5.78. The van der Waals surface area contributed by atoms with Crippen LogP contribution in [0.15, 0.2) is 0 Å². The molecule has 1 saturated carbocycles. The van der Waals surface area contributed by atoms with Crippen molar-refractivity contribution in [1.29, 1.82) is 0 Å². The first-order chi connectivity index (χ1) is 11.2. The zero-order chi connectivity index (χ0) is 16.5. The summed E-state index contributed by atoms with van der Waals surface area (Å²) >= 11 is 0. The van der Waals surface area contributed by atoms with Crippen LogP contribution in [0.2, 0.25) is 0 Å². The predicted molar refractivity (Wildman–Crippen MR) is 96.5 cm³/mol. The molecule has 4 heteroatoms. The lowest BCUT2D eigenvalue weighted by Crippen LogP contribution is -2.44. The topological polar surface area (TPSA) is 44.4 Å². The Kier molecular flexibility index (Phi) is 8.38. The van der Waals surface area contributed by atoms with Crippen LogP contribution in [0.25, 0.3) is 0 Å². The van der Waals surface area contributed by atoms with Gasteiger partial charge >= 0.3 is 0 Å². The SMILES string of the molecule is CC(C)C(CC1CCCCC1)C(=O)NCCCN1CCNCC1. The molecule has 0 aromatic rings. The fourth-order valence-electron chi connectivity index (χ4n) is 4.04. The first kappa shape index (κ1) is 18.7. The Bertz CT molecular complexity index is 334. The Morgan fingerprint density at radius 1 is 1.17 bits per heavy atom. The molecular weight excluding hydrogens is 286 g/mol. The zero-order valence-corrected chi connectivity index (χ0v) is 15.3. The molecule has 1 amide bonds. The highest BCUT2D eigenvalue weighted by atomic mass is 16.1. The number of hydrogen-bond donors (Lipinski definition) is 2. The van der Waals surface area contributed by atoms with Crippen LogP contribution in [0.1, 0.15) is 58.8 Å². The lowest BCUT2D eigenvalue weighted by molar-refractivity contribution is -0.127. The van der Waals surface area contributed by atoms with E-state index in [4.69, 9.17) is 0 Å². The van der Waals surface area contributed by atoms with Crippen LogP contribution in [0, 0.1) is 17.8 Å². The molecule has 1 heterocycles. The minimum atomic E-state index is 0.206. The van der Waals surface area contributed by atoms with Gasteiger partial charge in [-0.1, -0.05) is 46.0 Å². The standard InChI is InChI=1S/C19H37N3O/c1-16(2)18(15-17-7-4-3-5-8-17)19(23)21-9-6-12-22-13-10-20-11-14-22/h16-18,20H,3-15H2,1-2H3,(H,21,23). The zero-order valence-electron chi connectivity index (χ0n) is 15.3. The van der Waals surface area contributed by atoms with Crippen molar-refractivity contribution >= 4 is 5.91 Å². The first-order valence-electron chi connectivity index (χ1n) is 9.87. The van der Waals surface area contributed by atoms with Gasteiger partial charge in [0.1, 0.15) is 0 Å². The van der Waals surface area contributed by atoms with E-state index in [0.717, 1.165) is 58.0 Å². The fraction of sp³-hybridized carbons (Fsp3) is 0.947. The van der Waals surface area contributed by atoms with Crippen molar-refractivity contribution < 1.29 is 4.79 Å². The van der Waals surface area contributed by atoms with E-state index in [-0.39, 0.29) is 5.92 Å². The fourth-order valence-corrected chi connectivity index (χ4v) is 4.04. The molecule has 0 aromatic carbocycles. The number of amides is 1. The highest BCUT2D eigenvalue weighted by Crippen LogP contribution is 2.31. The van der Waals surface area contributed by atoms with Gasteiger partial charge in [0.2, 0.25) is 5.91 Å². The third kappa shape index (κ3) is 6.80. The van der Waals surface area contributed by atoms with E-state index in [2.05, 4.69) is 29.4 Å². The Hall–Kier alpha value is -0.610. The molecule has 2 fully saturated rings. The molecule has 0 spiro atoms. The summed E-state index contributed by atoms with van der Waals surface area (Å²) in [5, 5.41) is 6.59. The summed E-state index contributed by atoms with van der Waals surface area (Å²) in [4.78, 5) is 15.1. The van der Waals surface area contributed by atoms with Crippen LogP contribution in [0.5, 0.6) is 0 Å². The van der Waals surface area contributed by atoms with E-state index in [1.165, 1.54) is 32.1 Å². The van der Waals surface area contributed by atoms with Crippen LogP contribution in [-0.4, -0.2) is 50.1 Å². The van der Waals surface area contributed by atoms with Gasteiger partial charge in [0, 0.05) is 38.6 Å². The lowest BCUT2D eigenvalue weighted by atomic mass is 9.79. The van der Waals surface area contributed by atoms with Gasteiger partial charge < -0.3 is 15.5 Å². The maximum absolute atomic E-state index is 12.6. The number of hydrogen-bond acceptors (Lipinski definition) is 3. The second-order valence-corrected chi connectivity index (χ2v) is 7.83. The molecule has 1 saturated heterocycles. The van der Waals surface area contributed by atoms with Gasteiger partial charge in [-0.3, -0.25) is 4.79 Å². The average Bonchev–Trinajstić information content (AvgIpc) is 2.58. The average molecular weight is 324 g/mol. The van der Waals surface area contributed by atoms with Gasteiger partial charge in [0.25, 0.3) is 0 Å². The summed E-state index contributed by atoms with van der Waals surface area (Å²) in [7, 11) is 0. The highest BCUT2D eigenvalue weighted by Gasteiger charge is 2.26. The molecule has 23 heavy (non-hydrogen) atoms. The van der Waals surface area contributed by atoms with Crippen LogP contribution in [-0.2, 0) is 4.79 Å². The van der Waals surface area contributed by atoms with Crippen LogP contribution >= 0.6 is 0 Å². The van der Waals surface area contributed by atoms with E-state index in [1.54, 1.807) is 0 Å². The van der Waals surface area contributed by atoms with Gasteiger partial charge in [-0.05, 0) is 31.2 Å². The van der Waals surface area contributed by atoms with Crippen molar-refractivity contribution in [2.45, 2.75) is 58.8 Å². The smallest absolute Gasteiger partial charge is 0.223 e. The summed E-state index contributed by atoms with van der Waals surface area (Å²) in [5.41, 5.74) is 0. The van der Waals surface area contributed by atoms with E-state index in [9.17, 15) is 4.79 Å². The van der Waals surface area contributed by atoms with Crippen molar-refractivity contribution in [3.63, 3.8) is 0 Å². The molecule has 2 N–H and O–H groups in total. The van der Waals surface area contributed by atoms with Crippen molar-refractivity contribution in [3.8, 4) is 0 Å². The molecule has 1 aliphatic heterocycles. The van der Waals surface area contributed by atoms with E-state index < -0.39 is 0 Å². The Morgan fingerprint density at radius 2 is 1.87 bits per heavy atom. The number of carbonyl (C=O) groups excluding carboxylic acids is 1. The quantitative estimate of drug-likeness (QED) is 0.675. The summed E-state index contributed by atoms with van der Waals surface area (Å²) in [6.07, 6.45) is 8.95. The summed E-state index contributed by atoms with van der Waals surface area (Å²) in [5.74, 6) is 1.73. The third-order valence-electron chi connectivity index (χ3n) is 5.61. The van der Waals surface area contributed by atoms with Crippen molar-refractivity contribution in [2.75, 3.05) is 39.3 Å². The Morgan fingerprint density at radius 3 is 2.52 bits per heavy atom. The van der Waals surface area contributed by atoms with Crippen LogP contribution in [0.3, 0.4) is 0 Å². The summed E-state index contributed by atoms with van der Waals surface area (Å²) in [6.45, 7) is 10.8. The summed E-state index contributed by atoms with van der Waals surface area (Å²) in [6, 6.07) is 0. The first-order valence-corrected chi connectivity index (χ1v) is 9.87. The number of nitrogens with one attached hydrogen (secondary N) is 2. The molecule has 1 atom stereocenters. The van der Waals surface area contributed by atoms with Gasteiger partial charge in [-0.2, -0.15) is 0 Å². The molecule has 4 nitrogen and oxygen atoms in total. The summed E-state index contributed by atoms with van der Waals surface area (Å²) < 4.78 is 0. The van der Waals surface area contributed by atoms with Crippen molar-refractivity contribution in [1.82, 2.24) is 15.5 Å². The van der Waals surface area contributed by atoms with Gasteiger partial charge in [-0.25, -0.2) is 0 Å². The second kappa shape index (κ2) is 10.3. The molecule has 1 unspecified atom stereocenters. The normalized spacial score (nSPS) is 22.2. The minimum absolute atomic E-state index is 0.206. The molecule has 2 aliphatic rings. The third-order valence-corrected chi connectivity index (χ3v) is 5.61. The second-order valence-electron chi connectivity index (χ2n) is 7.83. The maximum atomic E-state index is 12.6. The minimum Gasteiger partial charge on any atom is -0.356 e. The van der Waals surface area contributed by atoms with E-state index >= 15 is 0 Å². The largest absolute Gasteiger partial charge is 0.356 e. The van der Waals surface area contributed by atoms with E-state index in [1.807, 2.05) is 0 Å². The Balaban J connectivity index is 1.65. The number of piperazine rings is 1. The molecule has 134 valence electrons. The number of nitrogens with zero attached hydrogens (tertiary/aromatic N) is 1. The molecule has 0 radical (unpaired) electrons. The Labute approximate surface area is 142 Å². The molecule has 2 rings (SSSR count). The molecule has 1 aliphatic carbocycles. The van der Waals surface area contributed by atoms with Gasteiger partial charge in [0.15, 0.2) is 0 Å². The molecule has 0 aromatic heterocycles. The van der Waals surface area contributed by atoms with Crippen LogP contribution in [0.4, 0.5) is 0 Å². The molecular formula is C19H37N3O. The van der Waals surface area contributed by atoms with Crippen LogP contribution < -0.4 is 10.6 Å². The maximum Gasteiger partial charge on any atom is 0.223 e. The van der Waals surface area contributed by atoms with Crippen molar-refractivity contribution in [2.24, 2.45) is 17.8 Å². The van der Waals surface area contributed by atoms with Gasteiger partial charge in [0.05, 0.1) is 0 Å².